The highest BCUT2D eigenvalue weighted by Crippen LogP contribution is 2.38. The molecule has 32 heavy (non-hydrogen) atoms. The molecule has 4 rings (SSSR count). The van der Waals surface area contributed by atoms with Crippen LogP contribution in [-0.4, -0.2) is 22.7 Å². The zero-order chi connectivity index (χ0) is 22.7. The van der Waals surface area contributed by atoms with Gasteiger partial charge in [-0.15, -0.1) is 11.3 Å². The number of hydrogen-bond donors (Lipinski definition) is 1. The standard InChI is InChI=1S/C24H22F3NO3S/c25-24(26,27)18-10-8-16(9-11-18)23-28-22-17(5-1-2-7-20(22)32-23)14-31-19-6-3-4-15(12-19)13-21(29)30/h3-4,6,8-12,17H,1-2,5,7,13-14H2,(H,29,30). The van der Waals surface area contributed by atoms with E-state index in [4.69, 9.17) is 14.8 Å². The summed E-state index contributed by atoms with van der Waals surface area (Å²) in [5, 5.41) is 9.70. The number of aromatic nitrogens is 1. The number of thiazole rings is 1. The molecule has 1 atom stereocenters. The molecule has 1 aliphatic carbocycles. The molecule has 1 N–H and O–H groups in total. The van der Waals surface area contributed by atoms with Crippen molar-refractivity contribution in [3.63, 3.8) is 0 Å². The molecular weight excluding hydrogens is 439 g/mol. The Morgan fingerprint density at radius 2 is 1.94 bits per heavy atom. The molecule has 1 aliphatic rings. The maximum Gasteiger partial charge on any atom is 0.416 e. The van der Waals surface area contributed by atoms with Crippen molar-refractivity contribution >= 4 is 17.3 Å². The molecule has 4 nitrogen and oxygen atoms in total. The van der Waals surface area contributed by atoms with Crippen LogP contribution in [0, 0.1) is 0 Å². The van der Waals surface area contributed by atoms with E-state index in [9.17, 15) is 18.0 Å². The molecule has 168 valence electrons. The van der Waals surface area contributed by atoms with Gasteiger partial charge in [-0.2, -0.15) is 13.2 Å². The summed E-state index contributed by atoms with van der Waals surface area (Å²) in [7, 11) is 0. The van der Waals surface area contributed by atoms with Crippen LogP contribution in [0.25, 0.3) is 10.6 Å². The molecule has 0 spiro atoms. The number of ether oxygens (including phenoxy) is 1. The summed E-state index contributed by atoms with van der Waals surface area (Å²) >= 11 is 1.54. The third-order valence-electron chi connectivity index (χ3n) is 5.48. The minimum Gasteiger partial charge on any atom is -0.493 e. The van der Waals surface area contributed by atoms with Gasteiger partial charge < -0.3 is 9.84 Å². The molecular formula is C24H22F3NO3S. The number of fused-ring (bicyclic) bond motifs is 1. The van der Waals surface area contributed by atoms with Crippen molar-refractivity contribution < 1.29 is 27.8 Å². The number of aliphatic carboxylic acids is 1. The van der Waals surface area contributed by atoms with Crippen molar-refractivity contribution in [3.05, 3.63) is 70.2 Å². The van der Waals surface area contributed by atoms with Gasteiger partial charge in [0.1, 0.15) is 10.8 Å². The lowest BCUT2D eigenvalue weighted by molar-refractivity contribution is -0.138. The zero-order valence-corrected chi connectivity index (χ0v) is 18.0. The average molecular weight is 462 g/mol. The number of carboxylic acids is 1. The summed E-state index contributed by atoms with van der Waals surface area (Å²) in [6.07, 6.45) is -0.523. The summed E-state index contributed by atoms with van der Waals surface area (Å²) < 4.78 is 44.6. The van der Waals surface area contributed by atoms with E-state index in [2.05, 4.69) is 0 Å². The summed E-state index contributed by atoms with van der Waals surface area (Å²) in [6, 6.07) is 12.2. The van der Waals surface area contributed by atoms with Crippen molar-refractivity contribution in [2.75, 3.05) is 6.61 Å². The first kappa shape index (κ1) is 22.3. The number of halogens is 3. The molecule has 1 unspecified atom stereocenters. The smallest absolute Gasteiger partial charge is 0.416 e. The first-order valence-electron chi connectivity index (χ1n) is 10.4. The second kappa shape index (κ2) is 9.32. The number of nitrogens with zero attached hydrogens (tertiary/aromatic N) is 1. The molecule has 0 radical (unpaired) electrons. The Bertz CT molecular complexity index is 1090. The summed E-state index contributed by atoms with van der Waals surface area (Å²) in [5.74, 6) is -0.198. The van der Waals surface area contributed by atoms with Crippen LogP contribution in [0.4, 0.5) is 13.2 Å². The average Bonchev–Trinajstić information content (AvgIpc) is 3.07. The molecule has 1 aromatic heterocycles. The van der Waals surface area contributed by atoms with Crippen LogP contribution in [0.15, 0.2) is 48.5 Å². The highest BCUT2D eigenvalue weighted by Gasteiger charge is 2.30. The van der Waals surface area contributed by atoms with Crippen LogP contribution in [0.3, 0.4) is 0 Å². The molecule has 0 saturated heterocycles. The Morgan fingerprint density at radius 1 is 1.16 bits per heavy atom. The summed E-state index contributed by atoms with van der Waals surface area (Å²) in [4.78, 5) is 16.9. The predicted octanol–water partition coefficient (Wildman–Crippen LogP) is 6.35. The fourth-order valence-electron chi connectivity index (χ4n) is 3.88. The minimum atomic E-state index is -4.36. The SMILES string of the molecule is O=C(O)Cc1cccc(OCC2CCCCc3sc(-c4ccc(C(F)(F)F)cc4)nc32)c1. The molecule has 0 saturated carbocycles. The van der Waals surface area contributed by atoms with Crippen LogP contribution in [0.2, 0.25) is 0 Å². The van der Waals surface area contributed by atoms with E-state index in [0.717, 1.165) is 53.4 Å². The van der Waals surface area contributed by atoms with Crippen molar-refractivity contribution in [3.8, 4) is 16.3 Å². The lowest BCUT2D eigenvalue weighted by Crippen LogP contribution is -2.11. The van der Waals surface area contributed by atoms with E-state index in [1.807, 2.05) is 0 Å². The van der Waals surface area contributed by atoms with Gasteiger partial charge in [-0.1, -0.05) is 30.7 Å². The fraction of sp³-hybridized carbons (Fsp3) is 0.333. The Balaban J connectivity index is 1.52. The minimum absolute atomic E-state index is 0.0622. The molecule has 3 aromatic rings. The Labute approximate surface area is 187 Å². The van der Waals surface area contributed by atoms with Crippen LogP contribution in [-0.2, 0) is 23.8 Å². The van der Waals surface area contributed by atoms with Gasteiger partial charge in [0.2, 0.25) is 0 Å². The highest BCUT2D eigenvalue weighted by atomic mass is 32.1. The van der Waals surface area contributed by atoms with Gasteiger partial charge in [0.05, 0.1) is 24.3 Å². The number of carbonyl (C=O) groups is 1. The number of benzene rings is 2. The van der Waals surface area contributed by atoms with Gasteiger partial charge in [-0.25, -0.2) is 4.98 Å². The van der Waals surface area contributed by atoms with E-state index in [1.165, 1.54) is 23.5 Å². The van der Waals surface area contributed by atoms with E-state index >= 15 is 0 Å². The molecule has 0 bridgehead atoms. The molecule has 2 aromatic carbocycles. The number of aryl methyl sites for hydroxylation is 1. The Hall–Kier alpha value is -2.87. The third kappa shape index (κ3) is 5.30. The molecule has 0 fully saturated rings. The molecule has 0 amide bonds. The van der Waals surface area contributed by atoms with Gasteiger partial charge in [-0.3, -0.25) is 4.79 Å². The fourth-order valence-corrected chi connectivity index (χ4v) is 5.07. The van der Waals surface area contributed by atoms with E-state index in [-0.39, 0.29) is 12.3 Å². The van der Waals surface area contributed by atoms with E-state index < -0.39 is 17.7 Å². The quantitative estimate of drug-likeness (QED) is 0.435. The van der Waals surface area contributed by atoms with Crippen molar-refractivity contribution in [2.45, 2.75) is 44.2 Å². The van der Waals surface area contributed by atoms with Crippen LogP contribution < -0.4 is 4.74 Å². The predicted molar refractivity (Wildman–Crippen MR) is 116 cm³/mol. The van der Waals surface area contributed by atoms with Crippen LogP contribution in [0.1, 0.15) is 46.9 Å². The largest absolute Gasteiger partial charge is 0.493 e. The highest BCUT2D eigenvalue weighted by molar-refractivity contribution is 7.15. The number of rotatable bonds is 6. The molecule has 1 heterocycles. The second-order valence-corrected chi connectivity index (χ2v) is 8.96. The Kier molecular flexibility index (Phi) is 6.50. The molecule has 8 heteroatoms. The van der Waals surface area contributed by atoms with Crippen LogP contribution >= 0.6 is 11.3 Å². The number of alkyl halides is 3. The summed E-state index contributed by atoms with van der Waals surface area (Å²) in [6.45, 7) is 0.416. The topological polar surface area (TPSA) is 59.4 Å². The van der Waals surface area contributed by atoms with Gasteiger partial charge in [0.15, 0.2) is 0 Å². The van der Waals surface area contributed by atoms with E-state index in [1.54, 1.807) is 24.3 Å². The van der Waals surface area contributed by atoms with Crippen molar-refractivity contribution in [1.29, 1.82) is 0 Å². The van der Waals surface area contributed by atoms with Gasteiger partial charge in [-0.05, 0) is 49.1 Å². The van der Waals surface area contributed by atoms with Crippen LogP contribution in [0.5, 0.6) is 5.75 Å². The maximum absolute atomic E-state index is 12.9. The van der Waals surface area contributed by atoms with Crippen molar-refractivity contribution in [2.24, 2.45) is 0 Å². The number of carboxylic acid groups (broad SMARTS) is 1. The maximum atomic E-state index is 12.9. The van der Waals surface area contributed by atoms with Gasteiger partial charge in [0, 0.05) is 16.4 Å². The Morgan fingerprint density at radius 3 is 2.66 bits per heavy atom. The van der Waals surface area contributed by atoms with Crippen molar-refractivity contribution in [1.82, 2.24) is 4.98 Å². The van der Waals surface area contributed by atoms with Gasteiger partial charge in [0.25, 0.3) is 0 Å². The lowest BCUT2D eigenvalue weighted by atomic mass is 10.0. The first-order valence-corrected chi connectivity index (χ1v) is 11.2. The third-order valence-corrected chi connectivity index (χ3v) is 6.66. The lowest BCUT2D eigenvalue weighted by Gasteiger charge is -2.15. The number of hydrogen-bond acceptors (Lipinski definition) is 4. The second-order valence-electron chi connectivity index (χ2n) is 7.87. The monoisotopic (exact) mass is 461 g/mol. The first-order chi connectivity index (χ1) is 15.3. The molecule has 0 aliphatic heterocycles. The summed E-state index contributed by atoms with van der Waals surface area (Å²) in [5.41, 5.74) is 1.65. The normalized spacial score (nSPS) is 16.3. The van der Waals surface area contributed by atoms with Gasteiger partial charge >= 0.3 is 12.1 Å². The zero-order valence-electron chi connectivity index (χ0n) is 17.2. The van der Waals surface area contributed by atoms with E-state index in [0.29, 0.717) is 23.5 Å².